The average Bonchev–Trinajstić information content (AvgIpc) is 3.64. The predicted molar refractivity (Wildman–Crippen MR) is 128 cm³/mol. The second-order valence-corrected chi connectivity index (χ2v) is 8.70. The predicted octanol–water partition coefficient (Wildman–Crippen LogP) is 3.94. The fourth-order valence-electron chi connectivity index (χ4n) is 3.90. The molecular weight excluding hydrogens is 471 g/mol. The average molecular weight is 493 g/mol. The molecule has 0 aliphatic carbocycles. The maximum Gasteiger partial charge on any atom is 0.266 e. The van der Waals surface area contributed by atoms with E-state index < -0.39 is 5.82 Å². The number of ether oxygens (including phenoxy) is 2. The van der Waals surface area contributed by atoms with Crippen LogP contribution >= 0.6 is 11.3 Å². The van der Waals surface area contributed by atoms with Crippen LogP contribution in [0.3, 0.4) is 0 Å². The number of benzene rings is 2. The molecule has 1 aliphatic rings. The van der Waals surface area contributed by atoms with Crippen molar-refractivity contribution < 1.29 is 18.7 Å². The second kappa shape index (κ2) is 9.63. The van der Waals surface area contributed by atoms with Crippen LogP contribution in [-0.2, 0) is 11.3 Å². The molecule has 5 rings (SSSR count). The number of nitrogens with zero attached hydrogens (tertiary/aromatic N) is 6. The highest BCUT2D eigenvalue weighted by Gasteiger charge is 2.34. The lowest BCUT2D eigenvalue weighted by molar-refractivity contribution is -0.134. The quantitative estimate of drug-likeness (QED) is 0.388. The number of hydrogen-bond donors (Lipinski definition) is 0. The highest BCUT2D eigenvalue weighted by molar-refractivity contribution is 7.12. The van der Waals surface area contributed by atoms with Crippen molar-refractivity contribution in [3.8, 4) is 22.9 Å². The highest BCUT2D eigenvalue weighted by atomic mass is 32.1. The number of hydrogen-bond acceptors (Lipinski definition) is 8. The Morgan fingerprint density at radius 1 is 1.11 bits per heavy atom. The van der Waals surface area contributed by atoms with Crippen molar-refractivity contribution >= 4 is 23.0 Å². The first-order valence-electron chi connectivity index (χ1n) is 10.7. The molecule has 178 valence electrons. The molecule has 0 saturated carbocycles. The monoisotopic (exact) mass is 492 g/mol. The number of aromatic nitrogens is 4. The molecule has 35 heavy (non-hydrogen) atoms. The Balaban J connectivity index is 1.42. The number of amides is 1. The molecule has 0 spiro atoms. The molecular formula is C24H21FN6O3S. The van der Waals surface area contributed by atoms with Gasteiger partial charge >= 0.3 is 0 Å². The summed E-state index contributed by atoms with van der Waals surface area (Å²) in [4.78, 5) is 15.6. The fraction of sp³-hybridized carbons (Fsp3) is 0.208. The van der Waals surface area contributed by atoms with Crippen LogP contribution in [0.2, 0.25) is 0 Å². The molecule has 0 radical (unpaired) electrons. The van der Waals surface area contributed by atoms with Gasteiger partial charge in [0.25, 0.3) is 5.91 Å². The summed E-state index contributed by atoms with van der Waals surface area (Å²) in [6, 6.07) is 15.0. The molecule has 9 nitrogen and oxygen atoms in total. The molecule has 11 heteroatoms. The van der Waals surface area contributed by atoms with Crippen LogP contribution in [0.15, 0.2) is 65.1 Å². The zero-order chi connectivity index (χ0) is 24.4. The van der Waals surface area contributed by atoms with E-state index in [1.54, 1.807) is 37.7 Å². The van der Waals surface area contributed by atoms with Gasteiger partial charge in [-0.2, -0.15) is 9.90 Å². The van der Waals surface area contributed by atoms with Crippen LogP contribution in [0.25, 0.3) is 11.4 Å². The van der Waals surface area contributed by atoms with E-state index in [9.17, 15) is 9.18 Å². The summed E-state index contributed by atoms with van der Waals surface area (Å²) in [5, 5.41) is 20.3. The molecule has 2 aromatic heterocycles. The number of halogens is 1. The van der Waals surface area contributed by atoms with E-state index in [0.29, 0.717) is 23.5 Å². The Morgan fingerprint density at radius 2 is 1.97 bits per heavy atom. The second-order valence-electron chi connectivity index (χ2n) is 7.75. The minimum atomic E-state index is -0.403. The van der Waals surface area contributed by atoms with Crippen molar-refractivity contribution in [2.45, 2.75) is 19.0 Å². The van der Waals surface area contributed by atoms with Gasteiger partial charge in [-0.3, -0.25) is 4.79 Å². The summed E-state index contributed by atoms with van der Waals surface area (Å²) in [5.74, 6) is 0.695. The summed E-state index contributed by atoms with van der Waals surface area (Å²) in [5.41, 5.74) is 2.16. The Bertz CT molecular complexity index is 1390. The van der Waals surface area contributed by atoms with Crippen LogP contribution in [0.5, 0.6) is 11.5 Å². The summed E-state index contributed by atoms with van der Waals surface area (Å²) in [6.45, 7) is -0.173. The minimum Gasteiger partial charge on any atom is -0.493 e. The van der Waals surface area contributed by atoms with Crippen LogP contribution in [0.4, 0.5) is 4.39 Å². The number of carbonyl (C=O) groups excluding carboxylic acids is 1. The molecule has 2 aromatic carbocycles. The fourth-order valence-corrected chi connectivity index (χ4v) is 4.62. The molecule has 0 unspecified atom stereocenters. The number of methoxy groups -OCH3 is 2. The van der Waals surface area contributed by atoms with E-state index >= 15 is 0 Å². The third-order valence-electron chi connectivity index (χ3n) is 5.58. The van der Waals surface area contributed by atoms with Crippen molar-refractivity contribution in [3.63, 3.8) is 0 Å². The topological polar surface area (TPSA) is 94.7 Å². The molecule has 1 amide bonds. The zero-order valence-corrected chi connectivity index (χ0v) is 19.8. The lowest BCUT2D eigenvalue weighted by atomic mass is 10.0. The number of carbonyl (C=O) groups is 1. The van der Waals surface area contributed by atoms with E-state index in [4.69, 9.17) is 9.47 Å². The van der Waals surface area contributed by atoms with Gasteiger partial charge in [0.2, 0.25) is 5.82 Å². The van der Waals surface area contributed by atoms with E-state index in [1.165, 1.54) is 21.9 Å². The van der Waals surface area contributed by atoms with Gasteiger partial charge in [0.1, 0.15) is 12.4 Å². The number of tetrazole rings is 1. The first-order chi connectivity index (χ1) is 17.1. The Hall–Kier alpha value is -4.12. The van der Waals surface area contributed by atoms with Gasteiger partial charge in [0, 0.05) is 12.0 Å². The third-order valence-corrected chi connectivity index (χ3v) is 6.50. The molecule has 1 atom stereocenters. The summed E-state index contributed by atoms with van der Waals surface area (Å²) in [7, 11) is 3.14. The summed E-state index contributed by atoms with van der Waals surface area (Å²) in [6.07, 6.45) is 0.543. The summed E-state index contributed by atoms with van der Waals surface area (Å²) >= 11 is 1.57. The van der Waals surface area contributed by atoms with Crippen molar-refractivity contribution in [1.29, 1.82) is 0 Å². The normalized spacial score (nSPS) is 15.2. The molecule has 4 aromatic rings. The summed E-state index contributed by atoms with van der Waals surface area (Å²) < 4.78 is 24.4. The Kier molecular flexibility index (Phi) is 6.23. The molecule has 3 heterocycles. The smallest absolute Gasteiger partial charge is 0.266 e. The van der Waals surface area contributed by atoms with Gasteiger partial charge in [-0.1, -0.05) is 24.3 Å². The van der Waals surface area contributed by atoms with E-state index in [2.05, 4.69) is 20.5 Å². The van der Waals surface area contributed by atoms with E-state index in [-0.39, 0.29) is 24.3 Å². The lowest BCUT2D eigenvalue weighted by Crippen LogP contribution is -2.31. The van der Waals surface area contributed by atoms with Gasteiger partial charge in [0.15, 0.2) is 11.5 Å². The first-order valence-corrected chi connectivity index (χ1v) is 11.6. The largest absolute Gasteiger partial charge is 0.493 e. The van der Waals surface area contributed by atoms with Gasteiger partial charge in [-0.15, -0.1) is 21.5 Å². The van der Waals surface area contributed by atoms with E-state index in [0.717, 1.165) is 16.2 Å². The molecule has 1 aliphatic heterocycles. The Labute approximate surface area is 204 Å². The molecule has 0 fully saturated rings. The van der Waals surface area contributed by atoms with Crippen LogP contribution in [0.1, 0.15) is 22.9 Å². The number of hydrazone groups is 1. The van der Waals surface area contributed by atoms with Gasteiger partial charge in [-0.25, -0.2) is 9.40 Å². The van der Waals surface area contributed by atoms with Crippen molar-refractivity contribution in [3.05, 3.63) is 76.2 Å². The van der Waals surface area contributed by atoms with Gasteiger partial charge < -0.3 is 9.47 Å². The number of rotatable bonds is 7. The van der Waals surface area contributed by atoms with Gasteiger partial charge in [-0.05, 0) is 46.5 Å². The van der Waals surface area contributed by atoms with Gasteiger partial charge in [0.05, 0.1) is 30.9 Å². The van der Waals surface area contributed by atoms with E-state index in [1.807, 2.05) is 35.7 Å². The van der Waals surface area contributed by atoms with Crippen molar-refractivity contribution in [2.75, 3.05) is 14.2 Å². The molecule has 0 bridgehead atoms. The third kappa shape index (κ3) is 4.62. The number of thiophene rings is 1. The van der Waals surface area contributed by atoms with Crippen LogP contribution in [-0.4, -0.2) is 51.1 Å². The minimum absolute atomic E-state index is 0.173. The lowest BCUT2D eigenvalue weighted by Gasteiger charge is -2.22. The van der Waals surface area contributed by atoms with Crippen LogP contribution < -0.4 is 9.47 Å². The van der Waals surface area contributed by atoms with Crippen LogP contribution in [0, 0.1) is 5.82 Å². The first kappa shape index (κ1) is 22.7. The Morgan fingerprint density at radius 3 is 2.71 bits per heavy atom. The van der Waals surface area contributed by atoms with Crippen molar-refractivity contribution in [1.82, 2.24) is 25.2 Å². The standard InChI is InChI=1S/C24H21FN6O3S/c1-33-20-9-8-15(12-21(20)34-2)19-13-18(22-7-4-10-35-22)27-31(19)23(32)14-30-28-24(26-29-30)16-5-3-6-17(25)11-16/h3-12,19H,13-14H2,1-2H3/t19-/m0/s1. The molecule has 0 N–H and O–H groups in total. The maximum absolute atomic E-state index is 13.6. The molecule has 0 saturated heterocycles. The SMILES string of the molecule is COc1ccc([C@@H]2CC(c3cccs3)=NN2C(=O)Cn2nnc(-c3cccc(F)c3)n2)cc1OC. The highest BCUT2D eigenvalue weighted by Crippen LogP contribution is 2.38. The maximum atomic E-state index is 13.6. The van der Waals surface area contributed by atoms with Crippen molar-refractivity contribution in [2.24, 2.45) is 5.10 Å². The zero-order valence-electron chi connectivity index (χ0n) is 19.0.